The Kier molecular flexibility index (Phi) is 2.98. The molecule has 2 heterocycles. The SMILES string of the molecule is Cc1ccnc2c(NC(=O)OC(C)(C)C)c[nH]c12. The third-order valence-corrected chi connectivity index (χ3v) is 2.41. The van der Waals surface area contributed by atoms with Gasteiger partial charge in [-0.25, -0.2) is 4.79 Å². The van der Waals surface area contributed by atoms with E-state index in [2.05, 4.69) is 15.3 Å². The lowest BCUT2D eigenvalue weighted by Crippen LogP contribution is -2.27. The first-order chi connectivity index (χ1) is 8.37. The summed E-state index contributed by atoms with van der Waals surface area (Å²) in [4.78, 5) is 19.0. The van der Waals surface area contributed by atoms with Crippen LogP contribution in [0.2, 0.25) is 0 Å². The molecule has 0 unspecified atom stereocenters. The molecule has 0 saturated heterocycles. The molecule has 0 atom stereocenters. The highest BCUT2D eigenvalue weighted by atomic mass is 16.6. The second-order valence-corrected chi connectivity index (χ2v) is 5.18. The van der Waals surface area contributed by atoms with Crippen LogP contribution in [-0.2, 0) is 4.74 Å². The van der Waals surface area contributed by atoms with Gasteiger partial charge in [0.15, 0.2) is 0 Å². The Bertz CT molecular complexity index is 581. The summed E-state index contributed by atoms with van der Waals surface area (Å²) in [5.74, 6) is 0. The summed E-state index contributed by atoms with van der Waals surface area (Å²) in [6, 6.07) is 1.91. The molecule has 0 fully saturated rings. The number of amides is 1. The second-order valence-electron chi connectivity index (χ2n) is 5.18. The molecule has 0 saturated carbocycles. The molecule has 0 aliphatic rings. The Morgan fingerprint density at radius 1 is 1.44 bits per heavy atom. The van der Waals surface area contributed by atoms with Gasteiger partial charge < -0.3 is 9.72 Å². The number of nitrogens with one attached hydrogen (secondary N) is 2. The van der Waals surface area contributed by atoms with Gasteiger partial charge in [-0.05, 0) is 39.3 Å². The Hall–Kier alpha value is -2.04. The number of carbonyl (C=O) groups is 1. The molecule has 1 amide bonds. The minimum absolute atomic E-state index is 0.480. The van der Waals surface area contributed by atoms with Crippen molar-refractivity contribution in [1.29, 1.82) is 0 Å². The van der Waals surface area contributed by atoms with E-state index in [1.54, 1.807) is 12.4 Å². The molecular weight excluding hydrogens is 230 g/mol. The number of rotatable bonds is 1. The molecule has 0 spiro atoms. The van der Waals surface area contributed by atoms with Crippen molar-refractivity contribution in [2.75, 3.05) is 5.32 Å². The van der Waals surface area contributed by atoms with Gasteiger partial charge in [0.05, 0.1) is 11.2 Å². The predicted molar refractivity (Wildman–Crippen MR) is 70.7 cm³/mol. The first kappa shape index (κ1) is 12.4. The van der Waals surface area contributed by atoms with Crippen LogP contribution in [-0.4, -0.2) is 21.7 Å². The molecule has 0 bridgehead atoms. The van der Waals surface area contributed by atoms with Crippen LogP contribution in [0.15, 0.2) is 18.5 Å². The number of pyridine rings is 1. The standard InChI is InChI=1S/C13H17N3O2/c1-8-5-6-14-11-9(7-15-10(8)11)16-12(17)18-13(2,3)4/h5-7,15H,1-4H3,(H,16,17). The molecular formula is C13H17N3O2. The van der Waals surface area contributed by atoms with E-state index >= 15 is 0 Å². The largest absolute Gasteiger partial charge is 0.444 e. The van der Waals surface area contributed by atoms with Crippen LogP contribution in [0.1, 0.15) is 26.3 Å². The van der Waals surface area contributed by atoms with Crippen LogP contribution in [0, 0.1) is 6.92 Å². The van der Waals surface area contributed by atoms with Crippen molar-refractivity contribution in [1.82, 2.24) is 9.97 Å². The van der Waals surface area contributed by atoms with E-state index in [4.69, 9.17) is 4.74 Å². The van der Waals surface area contributed by atoms with E-state index in [-0.39, 0.29) is 0 Å². The van der Waals surface area contributed by atoms with E-state index in [1.807, 2.05) is 33.8 Å². The fourth-order valence-electron chi connectivity index (χ4n) is 1.67. The van der Waals surface area contributed by atoms with Crippen LogP contribution < -0.4 is 5.32 Å². The van der Waals surface area contributed by atoms with E-state index < -0.39 is 11.7 Å². The summed E-state index contributed by atoms with van der Waals surface area (Å²) < 4.78 is 5.20. The van der Waals surface area contributed by atoms with Crippen molar-refractivity contribution in [3.63, 3.8) is 0 Å². The summed E-state index contributed by atoms with van der Waals surface area (Å²) >= 11 is 0. The lowest BCUT2D eigenvalue weighted by Gasteiger charge is -2.19. The van der Waals surface area contributed by atoms with Gasteiger partial charge in [0, 0.05) is 12.4 Å². The molecule has 0 radical (unpaired) electrons. The average molecular weight is 247 g/mol. The van der Waals surface area contributed by atoms with Gasteiger partial charge in [-0.3, -0.25) is 10.3 Å². The number of hydrogen-bond acceptors (Lipinski definition) is 3. The zero-order chi connectivity index (χ0) is 13.3. The minimum Gasteiger partial charge on any atom is -0.444 e. The van der Waals surface area contributed by atoms with Gasteiger partial charge in [0.25, 0.3) is 0 Å². The molecule has 5 nitrogen and oxygen atoms in total. The fraction of sp³-hybridized carbons (Fsp3) is 0.385. The maximum atomic E-state index is 11.7. The van der Waals surface area contributed by atoms with Gasteiger partial charge in [-0.1, -0.05) is 0 Å². The lowest BCUT2D eigenvalue weighted by molar-refractivity contribution is 0.0636. The summed E-state index contributed by atoms with van der Waals surface area (Å²) in [6.07, 6.45) is 2.95. The van der Waals surface area contributed by atoms with Crippen LogP contribution in [0.3, 0.4) is 0 Å². The van der Waals surface area contributed by atoms with Gasteiger partial charge in [0.2, 0.25) is 0 Å². The van der Waals surface area contributed by atoms with E-state index in [0.717, 1.165) is 16.6 Å². The normalized spacial score (nSPS) is 11.6. The van der Waals surface area contributed by atoms with Crippen molar-refractivity contribution < 1.29 is 9.53 Å². The number of anilines is 1. The number of H-pyrrole nitrogens is 1. The third-order valence-electron chi connectivity index (χ3n) is 2.41. The Balaban J connectivity index is 2.23. The maximum absolute atomic E-state index is 11.7. The van der Waals surface area contributed by atoms with E-state index in [9.17, 15) is 4.79 Å². The fourth-order valence-corrected chi connectivity index (χ4v) is 1.67. The van der Waals surface area contributed by atoms with Gasteiger partial charge in [-0.15, -0.1) is 0 Å². The van der Waals surface area contributed by atoms with Crippen molar-refractivity contribution in [2.45, 2.75) is 33.3 Å². The van der Waals surface area contributed by atoms with Gasteiger partial charge >= 0.3 is 6.09 Å². The van der Waals surface area contributed by atoms with Gasteiger partial charge in [-0.2, -0.15) is 0 Å². The Morgan fingerprint density at radius 2 is 2.17 bits per heavy atom. The molecule has 96 valence electrons. The first-order valence-electron chi connectivity index (χ1n) is 5.79. The van der Waals surface area contributed by atoms with Crippen molar-refractivity contribution in [3.05, 3.63) is 24.0 Å². The third kappa shape index (κ3) is 2.61. The average Bonchev–Trinajstić information content (AvgIpc) is 2.60. The summed E-state index contributed by atoms with van der Waals surface area (Å²) in [5, 5.41) is 2.69. The number of aromatic amines is 1. The number of ether oxygens (including phenoxy) is 1. The van der Waals surface area contributed by atoms with Crippen molar-refractivity contribution >= 4 is 22.8 Å². The highest BCUT2D eigenvalue weighted by Gasteiger charge is 2.17. The highest BCUT2D eigenvalue weighted by Crippen LogP contribution is 2.23. The zero-order valence-corrected chi connectivity index (χ0v) is 11.0. The minimum atomic E-state index is -0.514. The van der Waals surface area contributed by atoms with E-state index in [1.165, 1.54) is 0 Å². The van der Waals surface area contributed by atoms with E-state index in [0.29, 0.717) is 5.69 Å². The second kappa shape index (κ2) is 4.33. The number of aryl methyl sites for hydroxylation is 1. The van der Waals surface area contributed by atoms with Crippen LogP contribution in [0.4, 0.5) is 10.5 Å². The number of fused-ring (bicyclic) bond motifs is 1. The van der Waals surface area contributed by atoms with Gasteiger partial charge in [0.1, 0.15) is 11.1 Å². The number of aromatic nitrogens is 2. The molecule has 2 aromatic heterocycles. The highest BCUT2D eigenvalue weighted by molar-refractivity contribution is 5.98. The summed E-state index contributed by atoms with van der Waals surface area (Å²) in [6.45, 7) is 7.45. The molecule has 2 aromatic rings. The molecule has 0 aliphatic carbocycles. The number of nitrogens with zero attached hydrogens (tertiary/aromatic N) is 1. The van der Waals surface area contributed by atoms with Crippen LogP contribution >= 0.6 is 0 Å². The van der Waals surface area contributed by atoms with Crippen LogP contribution in [0.25, 0.3) is 11.0 Å². The Morgan fingerprint density at radius 3 is 2.83 bits per heavy atom. The van der Waals surface area contributed by atoms with Crippen molar-refractivity contribution in [3.8, 4) is 0 Å². The number of carbonyl (C=O) groups excluding carboxylic acids is 1. The molecule has 5 heteroatoms. The van der Waals surface area contributed by atoms with Crippen LogP contribution in [0.5, 0.6) is 0 Å². The topological polar surface area (TPSA) is 67.0 Å². The summed E-state index contributed by atoms with van der Waals surface area (Å²) in [5.41, 5.74) is 2.85. The smallest absolute Gasteiger partial charge is 0.412 e. The molecule has 2 rings (SSSR count). The molecule has 2 N–H and O–H groups in total. The molecule has 0 aliphatic heterocycles. The molecule has 0 aromatic carbocycles. The predicted octanol–water partition coefficient (Wildman–Crippen LogP) is 3.22. The first-order valence-corrected chi connectivity index (χ1v) is 5.79. The van der Waals surface area contributed by atoms with Crippen molar-refractivity contribution in [2.24, 2.45) is 0 Å². The monoisotopic (exact) mass is 247 g/mol. The number of hydrogen-bond donors (Lipinski definition) is 2. The lowest BCUT2D eigenvalue weighted by atomic mass is 10.2. The Labute approximate surface area is 106 Å². The maximum Gasteiger partial charge on any atom is 0.412 e. The summed E-state index contributed by atoms with van der Waals surface area (Å²) in [7, 11) is 0. The zero-order valence-electron chi connectivity index (χ0n) is 11.0. The quantitative estimate of drug-likeness (QED) is 0.813. The molecule has 18 heavy (non-hydrogen) atoms.